The van der Waals surface area contributed by atoms with Crippen LogP contribution < -0.4 is 4.90 Å². The molecule has 3 rings (SSSR count). The summed E-state index contributed by atoms with van der Waals surface area (Å²) < 4.78 is 0. The fraction of sp³-hybridized carbons (Fsp3) is 0.571. The lowest BCUT2D eigenvalue weighted by molar-refractivity contribution is 0.208. The molecular formula is C14H19N3OS. The quantitative estimate of drug-likeness (QED) is 0.916. The molecule has 1 fully saturated rings. The number of anilines is 1. The molecule has 19 heavy (non-hydrogen) atoms. The maximum atomic E-state index is 9.37. The Kier molecular flexibility index (Phi) is 3.41. The summed E-state index contributed by atoms with van der Waals surface area (Å²) in [7, 11) is 0. The van der Waals surface area contributed by atoms with Crippen LogP contribution in [0.1, 0.15) is 23.3 Å². The highest BCUT2D eigenvalue weighted by atomic mass is 32.1. The van der Waals surface area contributed by atoms with Crippen molar-refractivity contribution in [2.24, 2.45) is 5.92 Å². The summed E-state index contributed by atoms with van der Waals surface area (Å²) in [5.74, 6) is 1.42. The van der Waals surface area contributed by atoms with Crippen LogP contribution in [-0.4, -0.2) is 34.8 Å². The molecule has 2 aromatic heterocycles. The molecule has 102 valence electrons. The lowest BCUT2D eigenvalue weighted by Gasteiger charge is -2.33. The van der Waals surface area contributed by atoms with Crippen molar-refractivity contribution in [2.45, 2.75) is 26.7 Å². The van der Waals surface area contributed by atoms with Gasteiger partial charge in [0, 0.05) is 24.6 Å². The molecule has 0 bridgehead atoms. The molecule has 0 amide bonds. The van der Waals surface area contributed by atoms with E-state index in [1.165, 1.54) is 15.8 Å². The predicted molar refractivity (Wildman–Crippen MR) is 78.9 cm³/mol. The second-order valence-electron chi connectivity index (χ2n) is 5.30. The highest BCUT2D eigenvalue weighted by Gasteiger charge is 2.23. The summed E-state index contributed by atoms with van der Waals surface area (Å²) in [4.78, 5) is 13.6. The van der Waals surface area contributed by atoms with Crippen molar-refractivity contribution in [1.29, 1.82) is 0 Å². The lowest BCUT2D eigenvalue weighted by atomic mass is 9.99. The molecule has 1 aliphatic rings. The summed E-state index contributed by atoms with van der Waals surface area (Å²) in [6.07, 6.45) is 3.90. The molecule has 0 saturated carbocycles. The van der Waals surface area contributed by atoms with Crippen molar-refractivity contribution >= 4 is 27.4 Å². The van der Waals surface area contributed by atoms with Crippen molar-refractivity contribution in [2.75, 3.05) is 24.6 Å². The van der Waals surface area contributed by atoms with Gasteiger partial charge >= 0.3 is 0 Å². The second kappa shape index (κ2) is 5.06. The summed E-state index contributed by atoms with van der Waals surface area (Å²) in [5, 5.41) is 10.6. The molecule has 1 atom stereocenters. The molecule has 3 heterocycles. The second-order valence-corrected chi connectivity index (χ2v) is 6.50. The van der Waals surface area contributed by atoms with E-state index in [9.17, 15) is 5.11 Å². The van der Waals surface area contributed by atoms with Crippen LogP contribution in [-0.2, 0) is 0 Å². The van der Waals surface area contributed by atoms with Gasteiger partial charge in [0.1, 0.15) is 17.0 Å². The Morgan fingerprint density at radius 3 is 3.05 bits per heavy atom. The average molecular weight is 277 g/mol. The fourth-order valence-corrected chi connectivity index (χ4v) is 3.80. The molecule has 5 heteroatoms. The van der Waals surface area contributed by atoms with Crippen LogP contribution in [0.3, 0.4) is 0 Å². The first-order valence-corrected chi connectivity index (χ1v) is 7.59. The number of hydrogen-bond acceptors (Lipinski definition) is 5. The number of nitrogens with zero attached hydrogens (tertiary/aromatic N) is 3. The van der Waals surface area contributed by atoms with Crippen molar-refractivity contribution in [3.05, 3.63) is 16.8 Å². The maximum Gasteiger partial charge on any atom is 0.141 e. The van der Waals surface area contributed by atoms with Crippen molar-refractivity contribution < 1.29 is 5.11 Å². The van der Waals surface area contributed by atoms with Crippen LogP contribution in [0.5, 0.6) is 0 Å². The third-order valence-electron chi connectivity index (χ3n) is 4.02. The smallest absolute Gasteiger partial charge is 0.141 e. The minimum atomic E-state index is 0.270. The number of thiophene rings is 1. The zero-order valence-corrected chi connectivity index (χ0v) is 12.2. The monoisotopic (exact) mass is 277 g/mol. The highest BCUT2D eigenvalue weighted by molar-refractivity contribution is 7.18. The van der Waals surface area contributed by atoms with E-state index in [1.807, 2.05) is 0 Å². The number of rotatable bonds is 2. The van der Waals surface area contributed by atoms with Crippen LogP contribution in [0.4, 0.5) is 5.82 Å². The average Bonchev–Trinajstić information content (AvgIpc) is 2.74. The first-order valence-electron chi connectivity index (χ1n) is 6.77. The van der Waals surface area contributed by atoms with Gasteiger partial charge in [-0.2, -0.15) is 0 Å². The van der Waals surface area contributed by atoms with Gasteiger partial charge < -0.3 is 10.0 Å². The van der Waals surface area contributed by atoms with E-state index in [4.69, 9.17) is 0 Å². The number of aliphatic hydroxyl groups is 1. The van der Waals surface area contributed by atoms with Crippen molar-refractivity contribution in [1.82, 2.24) is 9.97 Å². The number of aliphatic hydroxyl groups excluding tert-OH is 1. The van der Waals surface area contributed by atoms with Crippen molar-refractivity contribution in [3.8, 4) is 0 Å². The summed E-state index contributed by atoms with van der Waals surface area (Å²) in [5.41, 5.74) is 1.29. The molecule has 1 saturated heterocycles. The van der Waals surface area contributed by atoms with E-state index < -0.39 is 0 Å². The summed E-state index contributed by atoms with van der Waals surface area (Å²) in [6, 6.07) is 0. The molecule has 0 spiro atoms. The van der Waals surface area contributed by atoms with Gasteiger partial charge in [0.25, 0.3) is 0 Å². The Morgan fingerprint density at radius 1 is 1.42 bits per heavy atom. The molecule has 0 aliphatic carbocycles. The van der Waals surface area contributed by atoms with E-state index in [0.717, 1.165) is 36.6 Å². The molecule has 0 radical (unpaired) electrons. The first-order chi connectivity index (χ1) is 9.20. The van der Waals surface area contributed by atoms with Crippen LogP contribution in [0, 0.1) is 19.8 Å². The highest BCUT2D eigenvalue weighted by Crippen LogP contribution is 2.35. The van der Waals surface area contributed by atoms with Gasteiger partial charge in [-0.3, -0.25) is 0 Å². The van der Waals surface area contributed by atoms with Gasteiger partial charge in [0.05, 0.1) is 5.39 Å². The molecule has 4 nitrogen and oxygen atoms in total. The number of aromatic nitrogens is 2. The van der Waals surface area contributed by atoms with Gasteiger partial charge in [0.15, 0.2) is 0 Å². The van der Waals surface area contributed by atoms with Crippen LogP contribution >= 0.6 is 11.3 Å². The zero-order chi connectivity index (χ0) is 13.4. The van der Waals surface area contributed by atoms with Gasteiger partial charge in [-0.25, -0.2) is 9.97 Å². The molecular weight excluding hydrogens is 258 g/mol. The minimum Gasteiger partial charge on any atom is -0.396 e. The fourth-order valence-electron chi connectivity index (χ4n) is 2.81. The zero-order valence-electron chi connectivity index (χ0n) is 11.4. The Morgan fingerprint density at radius 2 is 2.26 bits per heavy atom. The third-order valence-corrected chi connectivity index (χ3v) is 5.14. The van der Waals surface area contributed by atoms with Gasteiger partial charge in [0.2, 0.25) is 0 Å². The van der Waals surface area contributed by atoms with E-state index in [1.54, 1.807) is 17.7 Å². The SMILES string of the molecule is Cc1sc2ncnc(N3CCC[C@@H](CO)C3)c2c1C. The van der Waals surface area contributed by atoms with E-state index in [-0.39, 0.29) is 6.61 Å². The number of aryl methyl sites for hydroxylation is 2. The van der Waals surface area contributed by atoms with E-state index in [2.05, 4.69) is 28.7 Å². The van der Waals surface area contributed by atoms with Crippen LogP contribution in [0.15, 0.2) is 6.33 Å². The largest absolute Gasteiger partial charge is 0.396 e. The third kappa shape index (κ3) is 2.21. The van der Waals surface area contributed by atoms with Gasteiger partial charge in [-0.15, -0.1) is 11.3 Å². The van der Waals surface area contributed by atoms with Gasteiger partial charge in [-0.05, 0) is 38.2 Å². The number of hydrogen-bond donors (Lipinski definition) is 1. The molecule has 0 unspecified atom stereocenters. The van der Waals surface area contributed by atoms with E-state index in [0.29, 0.717) is 5.92 Å². The normalized spacial score (nSPS) is 20.2. The molecule has 1 aliphatic heterocycles. The summed E-state index contributed by atoms with van der Waals surface area (Å²) in [6.45, 7) is 6.48. The summed E-state index contributed by atoms with van der Waals surface area (Å²) >= 11 is 1.74. The van der Waals surface area contributed by atoms with E-state index >= 15 is 0 Å². The lowest BCUT2D eigenvalue weighted by Crippen LogP contribution is -2.37. The Labute approximate surface area is 117 Å². The minimum absolute atomic E-state index is 0.270. The predicted octanol–water partition coefficient (Wildman–Crippen LogP) is 2.52. The van der Waals surface area contributed by atoms with Gasteiger partial charge in [-0.1, -0.05) is 0 Å². The molecule has 1 N–H and O–H groups in total. The van der Waals surface area contributed by atoms with Crippen molar-refractivity contribution in [3.63, 3.8) is 0 Å². The number of piperidine rings is 1. The molecule has 0 aromatic carbocycles. The first kappa shape index (κ1) is 12.8. The Bertz CT molecular complexity index is 596. The number of fused-ring (bicyclic) bond motifs is 1. The van der Waals surface area contributed by atoms with Crippen LogP contribution in [0.2, 0.25) is 0 Å². The Balaban J connectivity index is 2.04. The Hall–Kier alpha value is -1.20. The molecule has 2 aromatic rings. The topological polar surface area (TPSA) is 49.2 Å². The maximum absolute atomic E-state index is 9.37. The van der Waals surface area contributed by atoms with Crippen LogP contribution in [0.25, 0.3) is 10.2 Å². The standard InChI is InChI=1S/C14H19N3OS/c1-9-10(2)19-14-12(9)13(15-8-16-14)17-5-3-4-11(6-17)7-18/h8,11,18H,3-7H2,1-2H3/t11-/m1/s1.